The van der Waals surface area contributed by atoms with Crippen molar-refractivity contribution in [3.63, 3.8) is 0 Å². The minimum absolute atomic E-state index is 0.250. The molecule has 1 amide bonds. The lowest BCUT2D eigenvalue weighted by molar-refractivity contribution is 0.0955. The zero-order valence-electron chi connectivity index (χ0n) is 11.8. The fourth-order valence-electron chi connectivity index (χ4n) is 1.76. The normalized spacial score (nSPS) is 10.6. The van der Waals surface area contributed by atoms with Gasteiger partial charge in [0, 0.05) is 5.56 Å². The summed E-state index contributed by atoms with van der Waals surface area (Å²) in [4.78, 5) is 12.0. The summed E-state index contributed by atoms with van der Waals surface area (Å²) in [7, 11) is 1.60. The summed E-state index contributed by atoms with van der Waals surface area (Å²) in [5.74, 6) is 0.496. The smallest absolute Gasteiger partial charge is 0.271 e. The van der Waals surface area contributed by atoms with E-state index in [1.165, 1.54) is 0 Å². The highest BCUT2D eigenvalue weighted by Crippen LogP contribution is 2.21. The molecule has 21 heavy (non-hydrogen) atoms. The van der Waals surface area contributed by atoms with Crippen LogP contribution in [0.25, 0.3) is 0 Å². The summed E-state index contributed by atoms with van der Waals surface area (Å²) < 4.78 is 6.04. The molecule has 0 unspecified atom stereocenters. The second kappa shape index (κ2) is 7.21. The zero-order chi connectivity index (χ0) is 15.2. The van der Waals surface area contributed by atoms with Crippen molar-refractivity contribution < 1.29 is 9.53 Å². The first-order chi connectivity index (χ1) is 10.1. The van der Waals surface area contributed by atoms with Crippen molar-refractivity contribution in [2.45, 2.75) is 6.92 Å². The molecule has 0 spiro atoms. The molecule has 5 heteroatoms. The molecule has 4 nitrogen and oxygen atoms in total. The van der Waals surface area contributed by atoms with Crippen LogP contribution < -0.4 is 10.2 Å². The Morgan fingerprint density at radius 3 is 2.71 bits per heavy atom. The van der Waals surface area contributed by atoms with Crippen LogP contribution in [-0.2, 0) is 0 Å². The Morgan fingerprint density at radius 2 is 2.05 bits per heavy atom. The average molecular weight is 394 g/mol. The SMILES string of the molecule is COc1ccc(C(=O)N/N=C\c2ccccc2C)cc1I. The molecule has 0 aliphatic rings. The number of ether oxygens (including phenoxy) is 1. The van der Waals surface area contributed by atoms with Crippen molar-refractivity contribution >= 4 is 34.7 Å². The topological polar surface area (TPSA) is 50.7 Å². The van der Waals surface area contributed by atoms with Crippen molar-refractivity contribution in [1.29, 1.82) is 0 Å². The highest BCUT2D eigenvalue weighted by atomic mass is 127. The van der Waals surface area contributed by atoms with Crippen LogP contribution in [0.4, 0.5) is 0 Å². The van der Waals surface area contributed by atoms with Crippen LogP contribution >= 0.6 is 22.6 Å². The Hall–Kier alpha value is -1.89. The Labute approximate surface area is 137 Å². The number of carbonyl (C=O) groups excluding carboxylic acids is 1. The van der Waals surface area contributed by atoms with Gasteiger partial charge in [0.25, 0.3) is 5.91 Å². The largest absolute Gasteiger partial charge is 0.496 e. The van der Waals surface area contributed by atoms with Crippen LogP contribution in [0.5, 0.6) is 5.75 Å². The molecular weight excluding hydrogens is 379 g/mol. The third-order valence-corrected chi connectivity index (χ3v) is 3.82. The van der Waals surface area contributed by atoms with Crippen molar-refractivity contribution in [2.24, 2.45) is 5.10 Å². The predicted molar refractivity (Wildman–Crippen MR) is 92.0 cm³/mol. The first-order valence-electron chi connectivity index (χ1n) is 6.34. The second-order valence-electron chi connectivity index (χ2n) is 4.41. The molecule has 2 aromatic carbocycles. The number of halogens is 1. The molecule has 0 aromatic heterocycles. The van der Waals surface area contributed by atoms with Crippen molar-refractivity contribution in [3.8, 4) is 5.75 Å². The first-order valence-corrected chi connectivity index (χ1v) is 7.42. The second-order valence-corrected chi connectivity index (χ2v) is 5.57. The van der Waals surface area contributed by atoms with Gasteiger partial charge in [0.2, 0.25) is 0 Å². The summed E-state index contributed by atoms with van der Waals surface area (Å²) >= 11 is 2.13. The van der Waals surface area contributed by atoms with E-state index in [1.54, 1.807) is 31.5 Å². The molecule has 0 saturated carbocycles. The maximum Gasteiger partial charge on any atom is 0.271 e. The molecule has 0 saturated heterocycles. The third kappa shape index (κ3) is 4.04. The van der Waals surface area contributed by atoms with E-state index in [2.05, 4.69) is 33.1 Å². The summed E-state index contributed by atoms with van der Waals surface area (Å²) in [6, 6.07) is 13.1. The molecular formula is C16H15IN2O2. The van der Waals surface area contributed by atoms with Crippen LogP contribution in [-0.4, -0.2) is 19.2 Å². The van der Waals surface area contributed by atoms with Crippen LogP contribution in [0.1, 0.15) is 21.5 Å². The quantitative estimate of drug-likeness (QED) is 0.491. The Kier molecular flexibility index (Phi) is 5.32. The standard InChI is InChI=1S/C16H15IN2O2/c1-11-5-3-4-6-13(11)10-18-19-16(20)12-7-8-15(21-2)14(17)9-12/h3-10H,1-2H3,(H,19,20)/b18-10-. The molecule has 0 aliphatic heterocycles. The molecule has 0 fully saturated rings. The van der Waals surface area contributed by atoms with E-state index in [-0.39, 0.29) is 5.91 Å². The number of carbonyl (C=O) groups is 1. The highest BCUT2D eigenvalue weighted by molar-refractivity contribution is 14.1. The molecule has 0 bridgehead atoms. The molecule has 2 aromatic rings. The number of hydrazone groups is 1. The summed E-state index contributed by atoms with van der Waals surface area (Å²) in [6.07, 6.45) is 1.64. The number of benzene rings is 2. The molecule has 2 rings (SSSR count). The van der Waals surface area contributed by atoms with E-state index in [4.69, 9.17) is 4.74 Å². The molecule has 0 heterocycles. The average Bonchev–Trinajstić information content (AvgIpc) is 2.49. The van der Waals surface area contributed by atoms with Crippen LogP contribution in [0, 0.1) is 10.5 Å². The van der Waals surface area contributed by atoms with Gasteiger partial charge in [-0.25, -0.2) is 5.43 Å². The van der Waals surface area contributed by atoms with Gasteiger partial charge in [0.1, 0.15) is 5.75 Å². The van der Waals surface area contributed by atoms with Gasteiger partial charge in [-0.05, 0) is 58.8 Å². The van der Waals surface area contributed by atoms with Crippen LogP contribution in [0.3, 0.4) is 0 Å². The maximum absolute atomic E-state index is 12.0. The number of rotatable bonds is 4. The summed E-state index contributed by atoms with van der Waals surface area (Å²) in [6.45, 7) is 2.00. The van der Waals surface area contributed by atoms with Crippen LogP contribution in [0.15, 0.2) is 47.6 Å². The number of nitrogens with one attached hydrogen (secondary N) is 1. The first kappa shape index (κ1) is 15.5. The Bertz CT molecular complexity index is 684. The Balaban J connectivity index is 2.05. The summed E-state index contributed by atoms with van der Waals surface area (Å²) in [5.41, 5.74) is 5.15. The number of hydrogen-bond donors (Lipinski definition) is 1. The third-order valence-electron chi connectivity index (χ3n) is 2.97. The molecule has 108 valence electrons. The number of amides is 1. The van der Waals surface area contributed by atoms with Gasteiger partial charge in [-0.2, -0.15) is 5.10 Å². The van der Waals surface area contributed by atoms with Gasteiger partial charge >= 0.3 is 0 Å². The van der Waals surface area contributed by atoms with Gasteiger partial charge in [-0.15, -0.1) is 0 Å². The van der Waals surface area contributed by atoms with E-state index in [0.717, 1.165) is 20.4 Å². The number of nitrogens with zero attached hydrogens (tertiary/aromatic N) is 1. The maximum atomic E-state index is 12.0. The van der Waals surface area contributed by atoms with E-state index >= 15 is 0 Å². The van der Waals surface area contributed by atoms with Crippen molar-refractivity contribution in [2.75, 3.05) is 7.11 Å². The predicted octanol–water partition coefficient (Wildman–Crippen LogP) is 3.37. The minimum atomic E-state index is -0.250. The molecule has 0 aliphatic carbocycles. The van der Waals surface area contributed by atoms with Crippen molar-refractivity contribution in [1.82, 2.24) is 5.43 Å². The Morgan fingerprint density at radius 1 is 1.29 bits per heavy atom. The van der Waals surface area contributed by atoms with Gasteiger partial charge in [-0.3, -0.25) is 4.79 Å². The van der Waals surface area contributed by atoms with E-state index in [9.17, 15) is 4.79 Å². The van der Waals surface area contributed by atoms with Gasteiger partial charge in [0.15, 0.2) is 0 Å². The number of hydrogen-bond acceptors (Lipinski definition) is 3. The lowest BCUT2D eigenvalue weighted by Crippen LogP contribution is -2.17. The van der Waals surface area contributed by atoms with Gasteiger partial charge in [-0.1, -0.05) is 24.3 Å². The molecule has 1 N–H and O–H groups in total. The van der Waals surface area contributed by atoms with Crippen LogP contribution in [0.2, 0.25) is 0 Å². The lowest BCUT2D eigenvalue weighted by atomic mass is 10.1. The van der Waals surface area contributed by atoms with E-state index in [1.807, 2.05) is 31.2 Å². The monoisotopic (exact) mass is 394 g/mol. The fourth-order valence-corrected chi connectivity index (χ4v) is 2.50. The summed E-state index contributed by atoms with van der Waals surface area (Å²) in [5, 5.41) is 3.99. The van der Waals surface area contributed by atoms with Gasteiger partial charge in [0.05, 0.1) is 16.9 Å². The minimum Gasteiger partial charge on any atom is -0.496 e. The van der Waals surface area contributed by atoms with E-state index < -0.39 is 0 Å². The van der Waals surface area contributed by atoms with Gasteiger partial charge < -0.3 is 4.74 Å². The number of aryl methyl sites for hydroxylation is 1. The highest BCUT2D eigenvalue weighted by Gasteiger charge is 2.07. The molecule has 0 atom stereocenters. The number of methoxy groups -OCH3 is 1. The van der Waals surface area contributed by atoms with Crippen molar-refractivity contribution in [3.05, 3.63) is 62.7 Å². The molecule has 0 radical (unpaired) electrons. The fraction of sp³-hybridized carbons (Fsp3) is 0.125. The van der Waals surface area contributed by atoms with E-state index in [0.29, 0.717) is 5.56 Å². The lowest BCUT2D eigenvalue weighted by Gasteiger charge is -2.05. The zero-order valence-corrected chi connectivity index (χ0v) is 13.9.